The Kier molecular flexibility index (Phi) is 5.13. The molecule has 3 rings (SSSR count). The highest BCUT2D eigenvalue weighted by molar-refractivity contribution is 6.32. The zero-order valence-corrected chi connectivity index (χ0v) is 14.0. The summed E-state index contributed by atoms with van der Waals surface area (Å²) in [7, 11) is 0. The standard InChI is InChI=1S/C17H9ClF4N2O3/c18-12-7-11(19)5-6-14(12)26-8-13(25)9-1-3-10(4-2-9)15-23-16(27-24-15)17(20,21)22/h1-7H,8H2. The molecular weight excluding hydrogens is 392 g/mol. The van der Waals surface area contributed by atoms with Gasteiger partial charge in [0.15, 0.2) is 12.4 Å². The molecule has 0 saturated heterocycles. The van der Waals surface area contributed by atoms with Crippen LogP contribution in [0.3, 0.4) is 0 Å². The quantitative estimate of drug-likeness (QED) is 0.454. The molecule has 0 spiro atoms. The van der Waals surface area contributed by atoms with Gasteiger partial charge in [-0.3, -0.25) is 4.79 Å². The summed E-state index contributed by atoms with van der Waals surface area (Å²) in [6.07, 6.45) is -4.74. The van der Waals surface area contributed by atoms with Crippen LogP contribution in [0.15, 0.2) is 47.0 Å². The Balaban J connectivity index is 1.67. The van der Waals surface area contributed by atoms with Gasteiger partial charge >= 0.3 is 12.1 Å². The number of alkyl halides is 3. The maximum absolute atomic E-state index is 13.0. The minimum Gasteiger partial charge on any atom is -0.484 e. The lowest BCUT2D eigenvalue weighted by Gasteiger charge is -2.07. The lowest BCUT2D eigenvalue weighted by Crippen LogP contribution is -2.11. The van der Waals surface area contributed by atoms with E-state index >= 15 is 0 Å². The summed E-state index contributed by atoms with van der Waals surface area (Å²) in [5.41, 5.74) is 0.491. The minimum atomic E-state index is -4.74. The molecule has 1 heterocycles. The van der Waals surface area contributed by atoms with Crippen LogP contribution in [0.2, 0.25) is 5.02 Å². The van der Waals surface area contributed by atoms with E-state index in [2.05, 4.69) is 14.7 Å². The summed E-state index contributed by atoms with van der Waals surface area (Å²) < 4.78 is 59.8. The number of hydrogen-bond acceptors (Lipinski definition) is 5. The second kappa shape index (κ2) is 7.36. The van der Waals surface area contributed by atoms with E-state index in [-0.39, 0.29) is 34.3 Å². The van der Waals surface area contributed by atoms with Crippen LogP contribution in [0.5, 0.6) is 5.75 Å². The van der Waals surface area contributed by atoms with Crippen LogP contribution in [0, 0.1) is 5.82 Å². The zero-order chi connectivity index (χ0) is 19.6. The Morgan fingerprint density at radius 2 is 1.85 bits per heavy atom. The van der Waals surface area contributed by atoms with E-state index in [1.54, 1.807) is 0 Å². The third-order valence-corrected chi connectivity index (χ3v) is 3.68. The fourth-order valence-corrected chi connectivity index (χ4v) is 2.30. The number of benzene rings is 2. The van der Waals surface area contributed by atoms with Gasteiger partial charge in [-0.2, -0.15) is 18.2 Å². The van der Waals surface area contributed by atoms with Crippen LogP contribution >= 0.6 is 11.6 Å². The van der Waals surface area contributed by atoms with Crippen molar-refractivity contribution in [2.75, 3.05) is 6.61 Å². The molecule has 27 heavy (non-hydrogen) atoms. The smallest absolute Gasteiger partial charge is 0.471 e. The number of Topliss-reactive ketones (excluding diaryl/α,β-unsaturated/α-hetero) is 1. The van der Waals surface area contributed by atoms with Crippen LogP contribution in [-0.2, 0) is 6.18 Å². The summed E-state index contributed by atoms with van der Waals surface area (Å²) in [4.78, 5) is 15.4. The Hall–Kier alpha value is -2.94. The molecule has 0 unspecified atom stereocenters. The summed E-state index contributed by atoms with van der Waals surface area (Å²) in [5.74, 6) is -2.51. The molecule has 5 nitrogen and oxygen atoms in total. The van der Waals surface area contributed by atoms with Crippen molar-refractivity contribution in [3.63, 3.8) is 0 Å². The minimum absolute atomic E-state index is 0.0238. The fourth-order valence-electron chi connectivity index (χ4n) is 2.08. The Labute approximate surface area is 154 Å². The second-order valence-corrected chi connectivity index (χ2v) is 5.69. The molecule has 0 fully saturated rings. The molecule has 0 radical (unpaired) electrons. The molecule has 1 aromatic heterocycles. The molecule has 0 aliphatic heterocycles. The third-order valence-electron chi connectivity index (χ3n) is 3.39. The number of ether oxygens (including phenoxy) is 1. The van der Waals surface area contributed by atoms with Gasteiger partial charge in [-0.25, -0.2) is 4.39 Å². The molecular formula is C17H9ClF4N2O3. The molecule has 0 aliphatic rings. The van der Waals surface area contributed by atoms with Gasteiger partial charge in [-0.05, 0) is 18.2 Å². The van der Waals surface area contributed by atoms with E-state index in [4.69, 9.17) is 16.3 Å². The topological polar surface area (TPSA) is 65.2 Å². The molecule has 0 amide bonds. The number of halogens is 5. The first-order chi connectivity index (χ1) is 12.7. The van der Waals surface area contributed by atoms with E-state index in [9.17, 15) is 22.4 Å². The van der Waals surface area contributed by atoms with Crippen LogP contribution in [-0.4, -0.2) is 22.5 Å². The van der Waals surface area contributed by atoms with Crippen molar-refractivity contribution in [1.29, 1.82) is 0 Å². The number of aromatic nitrogens is 2. The first-order valence-corrected chi connectivity index (χ1v) is 7.74. The SMILES string of the molecule is O=C(COc1ccc(F)cc1Cl)c1ccc(-c2noc(C(F)(F)F)n2)cc1. The molecule has 140 valence electrons. The molecule has 2 aromatic carbocycles. The molecule has 3 aromatic rings. The van der Waals surface area contributed by atoms with Crippen LogP contribution in [0.25, 0.3) is 11.4 Å². The normalized spacial score (nSPS) is 11.4. The summed E-state index contributed by atoms with van der Waals surface area (Å²) >= 11 is 5.80. The lowest BCUT2D eigenvalue weighted by atomic mass is 10.1. The highest BCUT2D eigenvalue weighted by atomic mass is 35.5. The number of ketones is 1. The highest BCUT2D eigenvalue weighted by Gasteiger charge is 2.38. The summed E-state index contributed by atoms with van der Waals surface area (Å²) in [6, 6.07) is 9.01. The van der Waals surface area contributed by atoms with Crippen molar-refractivity contribution in [3.05, 3.63) is 64.8 Å². The fraction of sp³-hybridized carbons (Fsp3) is 0.118. The number of rotatable bonds is 5. The number of carbonyl (C=O) groups excluding carboxylic acids is 1. The van der Waals surface area contributed by atoms with Crippen molar-refractivity contribution in [1.82, 2.24) is 10.1 Å². The van der Waals surface area contributed by atoms with Gasteiger partial charge in [-0.15, -0.1) is 0 Å². The maximum Gasteiger partial charge on any atom is 0.471 e. The molecule has 10 heteroatoms. The van der Waals surface area contributed by atoms with Gasteiger partial charge in [0.1, 0.15) is 11.6 Å². The van der Waals surface area contributed by atoms with E-state index < -0.39 is 23.7 Å². The average Bonchev–Trinajstić information content (AvgIpc) is 3.11. The predicted octanol–water partition coefficient (Wildman–Crippen LogP) is 4.81. The average molecular weight is 401 g/mol. The Morgan fingerprint density at radius 1 is 1.15 bits per heavy atom. The van der Waals surface area contributed by atoms with E-state index in [1.807, 2.05) is 0 Å². The summed E-state index contributed by atoms with van der Waals surface area (Å²) in [6.45, 7) is -0.356. The number of carbonyl (C=O) groups is 1. The predicted molar refractivity (Wildman–Crippen MR) is 86.0 cm³/mol. The van der Waals surface area contributed by atoms with Crippen LogP contribution in [0.4, 0.5) is 17.6 Å². The molecule has 0 N–H and O–H groups in total. The van der Waals surface area contributed by atoms with Gasteiger partial charge in [0.05, 0.1) is 5.02 Å². The Bertz CT molecular complexity index is 971. The monoisotopic (exact) mass is 400 g/mol. The lowest BCUT2D eigenvalue weighted by molar-refractivity contribution is -0.159. The van der Waals surface area contributed by atoms with Crippen molar-refractivity contribution >= 4 is 17.4 Å². The largest absolute Gasteiger partial charge is 0.484 e. The molecule has 0 saturated carbocycles. The number of hydrogen-bond donors (Lipinski definition) is 0. The van der Waals surface area contributed by atoms with Gasteiger partial charge < -0.3 is 9.26 Å². The van der Waals surface area contributed by atoms with Crippen LogP contribution < -0.4 is 4.74 Å². The van der Waals surface area contributed by atoms with E-state index in [0.29, 0.717) is 0 Å². The van der Waals surface area contributed by atoms with Gasteiger partial charge in [0.25, 0.3) is 0 Å². The molecule has 0 atom stereocenters. The van der Waals surface area contributed by atoms with Gasteiger partial charge in [0.2, 0.25) is 5.82 Å². The van der Waals surface area contributed by atoms with Gasteiger partial charge in [-0.1, -0.05) is 41.0 Å². The third kappa shape index (κ3) is 4.43. The van der Waals surface area contributed by atoms with E-state index in [0.717, 1.165) is 12.1 Å². The molecule has 0 bridgehead atoms. The molecule has 0 aliphatic carbocycles. The van der Waals surface area contributed by atoms with E-state index in [1.165, 1.54) is 30.3 Å². The first-order valence-electron chi connectivity index (χ1n) is 7.36. The zero-order valence-electron chi connectivity index (χ0n) is 13.3. The maximum atomic E-state index is 13.0. The summed E-state index contributed by atoms with van der Waals surface area (Å²) in [5, 5.41) is 3.28. The van der Waals surface area contributed by atoms with Crippen molar-refractivity contribution in [2.24, 2.45) is 0 Å². The van der Waals surface area contributed by atoms with Crippen LogP contribution in [0.1, 0.15) is 16.2 Å². The highest BCUT2D eigenvalue weighted by Crippen LogP contribution is 2.29. The van der Waals surface area contributed by atoms with Crippen molar-refractivity contribution < 1.29 is 31.6 Å². The van der Waals surface area contributed by atoms with Gasteiger partial charge in [0, 0.05) is 11.1 Å². The second-order valence-electron chi connectivity index (χ2n) is 5.28. The van der Waals surface area contributed by atoms with Crippen molar-refractivity contribution in [2.45, 2.75) is 6.18 Å². The Morgan fingerprint density at radius 3 is 2.44 bits per heavy atom. The first kappa shape index (κ1) is 18.8. The van der Waals surface area contributed by atoms with Crippen molar-refractivity contribution in [3.8, 4) is 17.1 Å². The number of nitrogens with zero attached hydrogens (tertiary/aromatic N) is 2.